The quantitative estimate of drug-likeness (QED) is 0.754. The van der Waals surface area contributed by atoms with Gasteiger partial charge in [0.2, 0.25) is 0 Å². The van der Waals surface area contributed by atoms with E-state index < -0.39 is 0 Å². The molecule has 0 bridgehead atoms. The molecule has 0 unspecified atom stereocenters. The van der Waals surface area contributed by atoms with E-state index in [0.29, 0.717) is 0 Å². The highest BCUT2D eigenvalue weighted by Gasteiger charge is 2.07. The Morgan fingerprint density at radius 1 is 1.24 bits per heavy atom. The molecule has 0 aliphatic rings. The van der Waals surface area contributed by atoms with Crippen molar-refractivity contribution in [3.63, 3.8) is 0 Å². The summed E-state index contributed by atoms with van der Waals surface area (Å²) in [5, 5.41) is 10.7. The highest BCUT2D eigenvalue weighted by Crippen LogP contribution is 2.21. The van der Waals surface area contributed by atoms with E-state index in [-0.39, 0.29) is 6.61 Å². The highest BCUT2D eigenvalue weighted by atomic mass is 32.1. The van der Waals surface area contributed by atoms with Gasteiger partial charge in [0.15, 0.2) is 0 Å². The van der Waals surface area contributed by atoms with Crippen LogP contribution in [0.3, 0.4) is 0 Å². The molecule has 104 valence electrons. The monoisotopic (exact) mass is 294 g/mol. The maximum Gasteiger partial charge on any atom is 0.140 e. The molecule has 4 heteroatoms. The summed E-state index contributed by atoms with van der Waals surface area (Å²) in [5.74, 6) is 6.56. The Hall–Kier alpha value is -2.35. The lowest BCUT2D eigenvalue weighted by Gasteiger charge is -2.06. The zero-order valence-electron chi connectivity index (χ0n) is 11.4. The predicted molar refractivity (Wildman–Crippen MR) is 85.0 cm³/mol. The molecule has 0 fully saturated rings. The Morgan fingerprint density at radius 2 is 2.10 bits per heavy atom. The lowest BCUT2D eigenvalue weighted by molar-refractivity contribution is 0.350. The van der Waals surface area contributed by atoms with Gasteiger partial charge in [-0.1, -0.05) is 42.2 Å². The minimum Gasteiger partial charge on any atom is -0.384 e. The Kier molecular flexibility index (Phi) is 4.15. The molecule has 0 atom stereocenters. The molecule has 0 saturated carbocycles. The number of aliphatic hydroxyl groups excluding tert-OH is 1. The number of aromatic nitrogens is 2. The number of hydrogen-bond acceptors (Lipinski definition) is 3. The van der Waals surface area contributed by atoms with E-state index in [0.717, 1.165) is 23.5 Å². The van der Waals surface area contributed by atoms with Crippen molar-refractivity contribution in [1.29, 1.82) is 0 Å². The summed E-state index contributed by atoms with van der Waals surface area (Å²) < 4.78 is 2.13. The third-order valence-electron chi connectivity index (χ3n) is 3.04. The molecule has 3 rings (SSSR count). The smallest absolute Gasteiger partial charge is 0.140 e. The van der Waals surface area contributed by atoms with Crippen molar-refractivity contribution in [3.8, 4) is 23.2 Å². The van der Waals surface area contributed by atoms with Crippen molar-refractivity contribution < 1.29 is 5.11 Å². The van der Waals surface area contributed by atoms with Gasteiger partial charge in [-0.25, -0.2) is 4.98 Å². The van der Waals surface area contributed by atoms with Crippen LogP contribution in [-0.4, -0.2) is 21.3 Å². The van der Waals surface area contributed by atoms with Gasteiger partial charge in [-0.15, -0.1) is 11.3 Å². The average Bonchev–Trinajstić information content (AvgIpc) is 3.16. The van der Waals surface area contributed by atoms with E-state index in [1.165, 1.54) is 4.88 Å². The predicted octanol–water partition coefficient (Wildman–Crippen LogP) is 3.00. The largest absolute Gasteiger partial charge is 0.384 e. The van der Waals surface area contributed by atoms with E-state index in [2.05, 4.69) is 39.6 Å². The van der Waals surface area contributed by atoms with Crippen LogP contribution in [0.5, 0.6) is 0 Å². The molecule has 0 aliphatic heterocycles. The van der Waals surface area contributed by atoms with Crippen molar-refractivity contribution in [2.24, 2.45) is 0 Å². The first-order valence-corrected chi connectivity index (χ1v) is 7.48. The van der Waals surface area contributed by atoms with Crippen LogP contribution in [0.25, 0.3) is 11.4 Å². The van der Waals surface area contributed by atoms with Gasteiger partial charge in [-0.3, -0.25) is 0 Å². The molecule has 0 amide bonds. The second kappa shape index (κ2) is 6.40. The first kappa shape index (κ1) is 13.6. The summed E-state index contributed by atoms with van der Waals surface area (Å²) in [6.07, 6.45) is 3.81. The Balaban J connectivity index is 1.83. The summed E-state index contributed by atoms with van der Waals surface area (Å²) in [7, 11) is 0. The summed E-state index contributed by atoms with van der Waals surface area (Å²) in [4.78, 5) is 5.66. The van der Waals surface area contributed by atoms with Crippen molar-refractivity contribution >= 4 is 11.3 Å². The molecule has 0 spiro atoms. The Morgan fingerprint density at radius 3 is 2.90 bits per heavy atom. The van der Waals surface area contributed by atoms with Crippen LogP contribution >= 0.6 is 11.3 Å². The average molecular weight is 294 g/mol. The molecule has 2 aromatic heterocycles. The number of aliphatic hydroxyl groups is 1. The SMILES string of the molecule is OCC#Cc1csc(Cn2ccnc2-c2ccccc2)c1. The van der Waals surface area contributed by atoms with E-state index >= 15 is 0 Å². The number of rotatable bonds is 3. The molecule has 0 aliphatic carbocycles. The van der Waals surface area contributed by atoms with Crippen LogP contribution in [0.4, 0.5) is 0 Å². The van der Waals surface area contributed by atoms with Crippen molar-refractivity contribution in [1.82, 2.24) is 9.55 Å². The van der Waals surface area contributed by atoms with Gasteiger partial charge >= 0.3 is 0 Å². The first-order valence-electron chi connectivity index (χ1n) is 6.60. The molecular weight excluding hydrogens is 280 g/mol. The van der Waals surface area contributed by atoms with Gasteiger partial charge in [0.1, 0.15) is 12.4 Å². The van der Waals surface area contributed by atoms with E-state index in [4.69, 9.17) is 5.11 Å². The molecule has 3 nitrogen and oxygen atoms in total. The van der Waals surface area contributed by atoms with Crippen LogP contribution in [0.15, 0.2) is 54.2 Å². The van der Waals surface area contributed by atoms with Gasteiger partial charge < -0.3 is 9.67 Å². The van der Waals surface area contributed by atoms with Gasteiger partial charge in [0.05, 0.1) is 6.54 Å². The topological polar surface area (TPSA) is 38.0 Å². The van der Waals surface area contributed by atoms with Crippen LogP contribution in [0.1, 0.15) is 10.4 Å². The van der Waals surface area contributed by atoms with Crippen LogP contribution in [0.2, 0.25) is 0 Å². The van der Waals surface area contributed by atoms with E-state index in [9.17, 15) is 0 Å². The number of hydrogen-bond donors (Lipinski definition) is 1. The van der Waals surface area contributed by atoms with Gasteiger partial charge in [-0.2, -0.15) is 0 Å². The summed E-state index contributed by atoms with van der Waals surface area (Å²) in [6.45, 7) is 0.667. The molecule has 21 heavy (non-hydrogen) atoms. The lowest BCUT2D eigenvalue weighted by Crippen LogP contribution is -1.99. The summed E-state index contributed by atoms with van der Waals surface area (Å²) in [6, 6.07) is 12.2. The summed E-state index contributed by atoms with van der Waals surface area (Å²) in [5.41, 5.74) is 2.06. The standard InChI is InChI=1S/C17H14N2OS/c20-10-4-5-14-11-16(21-13-14)12-19-9-8-18-17(19)15-6-2-1-3-7-15/h1-3,6-9,11,13,20H,10,12H2. The van der Waals surface area contributed by atoms with Crippen molar-refractivity contribution in [2.45, 2.75) is 6.54 Å². The number of thiophene rings is 1. The molecule has 1 aromatic carbocycles. The molecule has 0 saturated heterocycles. The highest BCUT2D eigenvalue weighted by molar-refractivity contribution is 7.10. The van der Waals surface area contributed by atoms with Gasteiger partial charge in [0, 0.05) is 33.8 Å². The molecule has 0 radical (unpaired) electrons. The Bertz CT molecular complexity index is 778. The maximum absolute atomic E-state index is 8.72. The molecular formula is C17H14N2OS. The van der Waals surface area contributed by atoms with Gasteiger partial charge in [-0.05, 0) is 6.07 Å². The number of imidazole rings is 1. The summed E-state index contributed by atoms with van der Waals surface area (Å²) >= 11 is 1.67. The third-order valence-corrected chi connectivity index (χ3v) is 3.96. The molecule has 3 aromatic rings. The zero-order chi connectivity index (χ0) is 14.5. The number of nitrogens with zero attached hydrogens (tertiary/aromatic N) is 2. The minimum absolute atomic E-state index is 0.106. The fraction of sp³-hybridized carbons (Fsp3) is 0.118. The number of benzene rings is 1. The van der Waals surface area contributed by atoms with Crippen molar-refractivity contribution in [3.05, 3.63) is 64.6 Å². The van der Waals surface area contributed by atoms with E-state index in [1.807, 2.05) is 36.0 Å². The van der Waals surface area contributed by atoms with E-state index in [1.54, 1.807) is 11.3 Å². The van der Waals surface area contributed by atoms with Crippen LogP contribution in [0, 0.1) is 11.8 Å². The normalized spacial score (nSPS) is 10.1. The molecule has 1 N–H and O–H groups in total. The first-order chi connectivity index (χ1) is 10.4. The minimum atomic E-state index is -0.106. The van der Waals surface area contributed by atoms with Crippen molar-refractivity contribution in [2.75, 3.05) is 6.61 Å². The second-order valence-electron chi connectivity index (χ2n) is 4.51. The Labute approximate surface area is 127 Å². The second-order valence-corrected chi connectivity index (χ2v) is 5.50. The maximum atomic E-state index is 8.72. The van der Waals surface area contributed by atoms with Crippen LogP contribution < -0.4 is 0 Å². The fourth-order valence-corrected chi connectivity index (χ4v) is 2.94. The fourth-order valence-electron chi connectivity index (χ4n) is 2.12. The lowest BCUT2D eigenvalue weighted by atomic mass is 10.2. The third kappa shape index (κ3) is 3.22. The van der Waals surface area contributed by atoms with Gasteiger partial charge in [0.25, 0.3) is 0 Å². The molecule has 2 heterocycles. The van der Waals surface area contributed by atoms with Crippen LogP contribution in [-0.2, 0) is 6.54 Å². The zero-order valence-corrected chi connectivity index (χ0v) is 12.2.